The number of carboxylic acids is 1. The van der Waals surface area contributed by atoms with E-state index in [0.717, 1.165) is 16.5 Å². The van der Waals surface area contributed by atoms with Crippen LogP contribution in [0, 0.1) is 17.7 Å². The molecular weight excluding hydrogens is 353 g/mol. The van der Waals surface area contributed by atoms with Crippen LogP contribution < -0.4 is 4.74 Å². The highest BCUT2D eigenvalue weighted by atomic mass is 19.1. The van der Waals surface area contributed by atoms with Crippen molar-refractivity contribution in [2.24, 2.45) is 0 Å². The maximum absolute atomic E-state index is 14.3. The van der Waals surface area contributed by atoms with Crippen LogP contribution in [0.25, 0.3) is 10.9 Å². The second kappa shape index (κ2) is 6.61. The van der Waals surface area contributed by atoms with E-state index in [2.05, 4.69) is 37.4 Å². The van der Waals surface area contributed by atoms with Gasteiger partial charge in [-0.3, -0.25) is 5.10 Å². The first-order valence-corrected chi connectivity index (χ1v) is 7.67. The molecule has 0 aliphatic rings. The van der Waals surface area contributed by atoms with Gasteiger partial charge in [-0.2, -0.15) is 5.10 Å². The van der Waals surface area contributed by atoms with Gasteiger partial charge in [0.05, 0.1) is 11.7 Å². The molecule has 3 N–H and O–H groups in total. The van der Waals surface area contributed by atoms with E-state index in [4.69, 9.17) is 9.84 Å². The van der Waals surface area contributed by atoms with Crippen LogP contribution in [-0.2, 0) is 0 Å². The molecule has 27 heavy (non-hydrogen) atoms. The Morgan fingerprint density at radius 1 is 1.19 bits per heavy atom. The number of carbonyl (C=O) groups is 1. The Labute approximate surface area is 151 Å². The highest BCUT2D eigenvalue weighted by Crippen LogP contribution is 2.25. The fourth-order valence-electron chi connectivity index (χ4n) is 2.42. The lowest BCUT2D eigenvalue weighted by atomic mass is 10.1. The van der Waals surface area contributed by atoms with Crippen molar-refractivity contribution in [3.63, 3.8) is 0 Å². The number of carboxylic acid groups (broad SMARTS) is 1. The molecule has 0 bridgehead atoms. The number of nitrogens with zero attached hydrogens (tertiary/aromatic N) is 3. The van der Waals surface area contributed by atoms with Crippen LogP contribution in [0.4, 0.5) is 4.39 Å². The van der Waals surface area contributed by atoms with Crippen molar-refractivity contribution >= 4 is 16.9 Å². The molecule has 9 heteroatoms. The van der Waals surface area contributed by atoms with Crippen LogP contribution in [0.3, 0.4) is 0 Å². The number of rotatable bonds is 3. The highest BCUT2D eigenvalue weighted by Gasteiger charge is 2.18. The number of ether oxygens (including phenoxy) is 1. The molecule has 4 aromatic rings. The number of nitrogens with one attached hydrogen (secondary N) is 2. The molecular formula is C18H10FN5O3. The number of hydrogen-bond donors (Lipinski definition) is 3. The van der Waals surface area contributed by atoms with Gasteiger partial charge in [-0.25, -0.2) is 14.3 Å². The van der Waals surface area contributed by atoms with Crippen molar-refractivity contribution in [1.29, 1.82) is 0 Å². The van der Waals surface area contributed by atoms with Gasteiger partial charge in [0.2, 0.25) is 5.69 Å². The molecule has 0 aliphatic heterocycles. The first kappa shape index (κ1) is 16.3. The van der Waals surface area contributed by atoms with Gasteiger partial charge in [0, 0.05) is 16.5 Å². The average Bonchev–Trinajstić information content (AvgIpc) is 3.31. The quantitative estimate of drug-likeness (QED) is 0.482. The monoisotopic (exact) mass is 363 g/mol. The summed E-state index contributed by atoms with van der Waals surface area (Å²) in [5, 5.41) is 25.6. The van der Waals surface area contributed by atoms with Gasteiger partial charge in [-0.05, 0) is 30.3 Å². The molecule has 0 saturated heterocycles. The number of benzene rings is 2. The number of H-pyrrole nitrogens is 2. The summed E-state index contributed by atoms with van der Waals surface area (Å²) >= 11 is 0. The van der Waals surface area contributed by atoms with Crippen molar-refractivity contribution in [2.45, 2.75) is 0 Å². The molecule has 0 unspecified atom stereocenters. The third-order valence-corrected chi connectivity index (χ3v) is 3.69. The van der Waals surface area contributed by atoms with Gasteiger partial charge >= 0.3 is 5.97 Å². The number of aromatic amines is 2. The van der Waals surface area contributed by atoms with Crippen LogP contribution in [0.15, 0.2) is 42.6 Å². The first-order valence-electron chi connectivity index (χ1n) is 7.67. The molecule has 0 atom stereocenters. The van der Waals surface area contributed by atoms with E-state index in [0.29, 0.717) is 5.56 Å². The summed E-state index contributed by atoms with van der Waals surface area (Å²) in [5.41, 5.74) is 1.61. The summed E-state index contributed by atoms with van der Waals surface area (Å²) in [6.07, 6.45) is 1.68. The summed E-state index contributed by atoms with van der Waals surface area (Å²) < 4.78 is 19.5. The van der Waals surface area contributed by atoms with Crippen LogP contribution in [0.5, 0.6) is 11.6 Å². The largest absolute Gasteiger partial charge is 0.476 e. The van der Waals surface area contributed by atoms with E-state index < -0.39 is 17.5 Å². The lowest BCUT2D eigenvalue weighted by Crippen LogP contribution is -2.00. The van der Waals surface area contributed by atoms with Crippen molar-refractivity contribution < 1.29 is 19.0 Å². The molecule has 2 heterocycles. The predicted molar refractivity (Wildman–Crippen MR) is 91.9 cm³/mol. The third kappa shape index (κ3) is 3.19. The lowest BCUT2D eigenvalue weighted by Gasteiger charge is -2.04. The summed E-state index contributed by atoms with van der Waals surface area (Å²) in [7, 11) is 0. The number of halogens is 1. The molecule has 4 rings (SSSR count). The van der Waals surface area contributed by atoms with E-state index in [-0.39, 0.29) is 11.6 Å². The zero-order valence-electron chi connectivity index (χ0n) is 13.5. The minimum atomic E-state index is -1.34. The molecule has 0 spiro atoms. The van der Waals surface area contributed by atoms with Crippen molar-refractivity contribution in [1.82, 2.24) is 25.6 Å². The van der Waals surface area contributed by atoms with E-state index >= 15 is 0 Å². The molecule has 132 valence electrons. The fraction of sp³-hybridized carbons (Fsp3) is 0. The van der Waals surface area contributed by atoms with Crippen LogP contribution in [-0.4, -0.2) is 36.7 Å². The molecule has 8 nitrogen and oxygen atoms in total. The minimum absolute atomic E-state index is 0.175. The Bertz CT molecular complexity index is 1220. The van der Waals surface area contributed by atoms with Gasteiger partial charge in [-0.15, -0.1) is 5.10 Å². The summed E-state index contributed by atoms with van der Waals surface area (Å²) in [6.45, 7) is 0. The molecule has 0 aliphatic carbocycles. The zero-order chi connectivity index (χ0) is 18.8. The van der Waals surface area contributed by atoms with Crippen molar-refractivity contribution in [3.05, 3.63) is 65.2 Å². The number of fused-ring (bicyclic) bond motifs is 1. The predicted octanol–water partition coefficient (Wildman–Crippen LogP) is 2.71. The Hall–Kier alpha value is -4.19. The summed E-state index contributed by atoms with van der Waals surface area (Å²) in [6, 6.07) is 9.68. The number of aromatic nitrogens is 5. The summed E-state index contributed by atoms with van der Waals surface area (Å²) in [5.74, 6) is 3.40. The van der Waals surface area contributed by atoms with Gasteiger partial charge in [0.15, 0.2) is 11.6 Å². The van der Waals surface area contributed by atoms with E-state index in [9.17, 15) is 9.18 Å². The molecule has 2 aromatic heterocycles. The van der Waals surface area contributed by atoms with Gasteiger partial charge in [0.25, 0.3) is 5.88 Å². The highest BCUT2D eigenvalue weighted by molar-refractivity contribution is 5.87. The standard InChI is InChI=1S/C18H10FN5O3/c19-13-8-10(4-6-11-2-1-3-14-12(11)9-20-21-14)5-7-15(13)27-17-16(18(25)26)22-24-23-17/h1-3,5,7-9H,(H,20,21)(H,25,26)(H,22,23,24). The summed E-state index contributed by atoms with van der Waals surface area (Å²) in [4.78, 5) is 11.0. The fourth-order valence-corrected chi connectivity index (χ4v) is 2.42. The first-order chi connectivity index (χ1) is 13.1. The van der Waals surface area contributed by atoms with Gasteiger partial charge in [-0.1, -0.05) is 23.1 Å². The number of aromatic carboxylic acids is 1. The molecule has 0 saturated carbocycles. The Kier molecular flexibility index (Phi) is 3.99. The number of hydrogen-bond acceptors (Lipinski definition) is 5. The van der Waals surface area contributed by atoms with Gasteiger partial charge in [0.1, 0.15) is 0 Å². The van der Waals surface area contributed by atoms with Crippen LogP contribution in [0.1, 0.15) is 21.6 Å². The maximum Gasteiger partial charge on any atom is 0.362 e. The SMILES string of the molecule is O=C(O)c1nn[nH]c1Oc1ccc(C#Cc2cccc3[nH]ncc23)cc1F. The lowest BCUT2D eigenvalue weighted by molar-refractivity contribution is 0.0687. The van der Waals surface area contributed by atoms with Gasteiger partial charge < -0.3 is 9.84 Å². The van der Waals surface area contributed by atoms with E-state index in [1.165, 1.54) is 12.1 Å². The van der Waals surface area contributed by atoms with Crippen molar-refractivity contribution in [3.8, 4) is 23.5 Å². The Morgan fingerprint density at radius 2 is 2.07 bits per heavy atom. The molecule has 2 aromatic carbocycles. The molecule has 0 radical (unpaired) electrons. The topological polar surface area (TPSA) is 117 Å². The Balaban J connectivity index is 1.60. The van der Waals surface area contributed by atoms with E-state index in [1.807, 2.05) is 18.2 Å². The van der Waals surface area contributed by atoms with E-state index in [1.54, 1.807) is 12.3 Å². The molecule has 0 fully saturated rings. The second-order valence-electron chi connectivity index (χ2n) is 5.43. The second-order valence-corrected chi connectivity index (χ2v) is 5.43. The normalized spacial score (nSPS) is 10.4. The molecule has 0 amide bonds. The smallest absolute Gasteiger partial charge is 0.362 e. The zero-order valence-corrected chi connectivity index (χ0v) is 13.5. The van der Waals surface area contributed by atoms with Crippen LogP contribution >= 0.6 is 0 Å². The van der Waals surface area contributed by atoms with Crippen molar-refractivity contribution in [2.75, 3.05) is 0 Å². The average molecular weight is 363 g/mol. The van der Waals surface area contributed by atoms with Crippen LogP contribution in [0.2, 0.25) is 0 Å². The third-order valence-electron chi connectivity index (χ3n) is 3.69. The Morgan fingerprint density at radius 3 is 2.89 bits per heavy atom. The maximum atomic E-state index is 14.3. The minimum Gasteiger partial charge on any atom is -0.476 e.